The van der Waals surface area contributed by atoms with Crippen molar-refractivity contribution in [2.24, 2.45) is 0 Å². The van der Waals surface area contributed by atoms with E-state index >= 15 is 0 Å². The van der Waals surface area contributed by atoms with Gasteiger partial charge in [-0.1, -0.05) is 159 Å². The SMILES string of the molecule is CC1(C)c2ccc(-c3ccc(N(c4ccc(-c5ccc6oc7ccccc7c6c5)cc4)c4cccc(-c5ccccc5)c4)cc3)cc2-c2ccc(-c3ccccc3)cc21. The van der Waals surface area contributed by atoms with E-state index in [1.54, 1.807) is 0 Å². The lowest BCUT2D eigenvalue weighted by Crippen LogP contribution is -2.15. The van der Waals surface area contributed by atoms with Crippen LogP contribution in [0.25, 0.3) is 77.6 Å². The van der Waals surface area contributed by atoms with Crippen LogP contribution in [0.15, 0.2) is 217 Å². The molecule has 280 valence electrons. The van der Waals surface area contributed by atoms with Crippen LogP contribution in [0, 0.1) is 0 Å². The number of furan rings is 1. The quantitative estimate of drug-likeness (QED) is 0.161. The molecule has 9 aromatic carbocycles. The first kappa shape index (κ1) is 34.8. The van der Waals surface area contributed by atoms with Crippen molar-refractivity contribution in [3.05, 3.63) is 223 Å². The smallest absolute Gasteiger partial charge is 0.135 e. The highest BCUT2D eigenvalue weighted by molar-refractivity contribution is 6.06. The molecule has 0 saturated carbocycles. The summed E-state index contributed by atoms with van der Waals surface area (Å²) in [6.45, 7) is 4.71. The van der Waals surface area contributed by atoms with E-state index < -0.39 is 0 Å². The van der Waals surface area contributed by atoms with Gasteiger partial charge in [0, 0.05) is 33.2 Å². The first-order chi connectivity index (χ1) is 29.0. The maximum atomic E-state index is 6.12. The van der Waals surface area contributed by atoms with Crippen molar-refractivity contribution in [1.29, 1.82) is 0 Å². The molecule has 0 saturated heterocycles. The van der Waals surface area contributed by atoms with Crippen molar-refractivity contribution >= 4 is 39.0 Å². The van der Waals surface area contributed by atoms with Crippen LogP contribution in [0.2, 0.25) is 0 Å². The van der Waals surface area contributed by atoms with Crippen LogP contribution in [0.1, 0.15) is 25.0 Å². The minimum Gasteiger partial charge on any atom is -0.456 e. The lowest BCUT2D eigenvalue weighted by Gasteiger charge is -2.26. The Morgan fingerprint density at radius 1 is 0.322 bits per heavy atom. The molecule has 10 aromatic rings. The zero-order chi connectivity index (χ0) is 39.5. The van der Waals surface area contributed by atoms with Crippen molar-refractivity contribution in [2.75, 3.05) is 4.90 Å². The fraction of sp³-hybridized carbons (Fsp3) is 0.0526. The van der Waals surface area contributed by atoms with E-state index in [2.05, 4.69) is 219 Å². The Bertz CT molecular complexity index is 3160. The van der Waals surface area contributed by atoms with Crippen LogP contribution >= 0.6 is 0 Å². The van der Waals surface area contributed by atoms with E-state index in [0.717, 1.165) is 50.1 Å². The number of fused-ring (bicyclic) bond motifs is 6. The average molecular weight is 756 g/mol. The van der Waals surface area contributed by atoms with Crippen molar-refractivity contribution in [1.82, 2.24) is 0 Å². The molecular weight excluding hydrogens is 715 g/mol. The predicted octanol–water partition coefficient (Wildman–Crippen LogP) is 16.0. The topological polar surface area (TPSA) is 16.4 Å². The summed E-state index contributed by atoms with van der Waals surface area (Å²) in [6.07, 6.45) is 0. The summed E-state index contributed by atoms with van der Waals surface area (Å²) in [6, 6.07) is 76.9. The van der Waals surface area contributed by atoms with Crippen LogP contribution in [0.4, 0.5) is 17.1 Å². The Hall–Kier alpha value is -7.42. The van der Waals surface area contributed by atoms with E-state index in [1.165, 1.54) is 55.6 Å². The normalized spacial score (nSPS) is 12.7. The molecule has 2 heteroatoms. The minimum absolute atomic E-state index is 0.0808. The van der Waals surface area contributed by atoms with Crippen LogP contribution in [-0.2, 0) is 5.41 Å². The van der Waals surface area contributed by atoms with E-state index in [1.807, 2.05) is 12.1 Å². The van der Waals surface area contributed by atoms with Crippen LogP contribution in [0.5, 0.6) is 0 Å². The predicted molar refractivity (Wildman–Crippen MR) is 248 cm³/mol. The van der Waals surface area contributed by atoms with Crippen molar-refractivity contribution < 1.29 is 4.42 Å². The summed E-state index contributed by atoms with van der Waals surface area (Å²) < 4.78 is 6.12. The van der Waals surface area contributed by atoms with Gasteiger partial charge in [-0.05, 0) is 133 Å². The Balaban J connectivity index is 0.956. The van der Waals surface area contributed by atoms with Gasteiger partial charge in [0.15, 0.2) is 0 Å². The molecule has 0 fully saturated rings. The van der Waals surface area contributed by atoms with Crippen LogP contribution in [-0.4, -0.2) is 0 Å². The average Bonchev–Trinajstić information content (AvgIpc) is 3.78. The van der Waals surface area contributed by atoms with Crippen molar-refractivity contribution in [3.63, 3.8) is 0 Å². The number of hydrogen-bond donors (Lipinski definition) is 0. The van der Waals surface area contributed by atoms with E-state index in [9.17, 15) is 0 Å². The fourth-order valence-corrected chi connectivity index (χ4v) is 9.16. The molecule has 0 unspecified atom stereocenters. The third-order valence-corrected chi connectivity index (χ3v) is 12.3. The van der Waals surface area contributed by atoms with Crippen molar-refractivity contribution in [3.8, 4) is 55.6 Å². The minimum atomic E-state index is -0.0808. The van der Waals surface area contributed by atoms with Gasteiger partial charge >= 0.3 is 0 Å². The van der Waals surface area contributed by atoms with E-state index in [0.29, 0.717) is 0 Å². The molecule has 0 N–H and O–H groups in total. The second-order valence-corrected chi connectivity index (χ2v) is 16.2. The number of rotatable bonds is 7. The summed E-state index contributed by atoms with van der Waals surface area (Å²) in [5.74, 6) is 0. The molecule has 1 aliphatic rings. The number of para-hydroxylation sites is 1. The molecule has 2 nitrogen and oxygen atoms in total. The standard InChI is InChI=1S/C57H41NO/c1-57(2)53-32-25-43(35-51(53)49-31-24-45(37-54(49)57)39-14-7-4-8-15-39)40-20-27-46(28-21-40)58(48-17-11-16-42(34-48)38-12-5-3-6-13-38)47-29-22-41(23-30-47)44-26-33-56-52(36-44)50-18-9-10-19-55(50)59-56/h3-37H,1-2H3. The zero-order valence-corrected chi connectivity index (χ0v) is 33.1. The van der Waals surface area contributed by atoms with Gasteiger partial charge in [0.2, 0.25) is 0 Å². The van der Waals surface area contributed by atoms with Crippen molar-refractivity contribution in [2.45, 2.75) is 19.3 Å². The van der Waals surface area contributed by atoms with Gasteiger partial charge in [-0.25, -0.2) is 0 Å². The number of nitrogens with zero attached hydrogens (tertiary/aromatic N) is 1. The second-order valence-electron chi connectivity index (χ2n) is 16.2. The molecule has 1 heterocycles. The van der Waals surface area contributed by atoms with Gasteiger partial charge in [0.1, 0.15) is 11.2 Å². The number of anilines is 3. The Morgan fingerprint density at radius 2 is 0.831 bits per heavy atom. The monoisotopic (exact) mass is 755 g/mol. The zero-order valence-electron chi connectivity index (χ0n) is 33.1. The number of benzene rings is 9. The Morgan fingerprint density at radius 3 is 1.53 bits per heavy atom. The third-order valence-electron chi connectivity index (χ3n) is 12.3. The summed E-state index contributed by atoms with van der Waals surface area (Å²) in [5, 5.41) is 2.27. The molecule has 0 radical (unpaired) electrons. The lowest BCUT2D eigenvalue weighted by atomic mass is 9.81. The molecular formula is C57H41NO. The Kier molecular flexibility index (Phi) is 8.20. The fourth-order valence-electron chi connectivity index (χ4n) is 9.16. The molecule has 1 aromatic heterocycles. The maximum Gasteiger partial charge on any atom is 0.135 e. The summed E-state index contributed by atoms with van der Waals surface area (Å²) in [7, 11) is 0. The molecule has 11 rings (SSSR count). The first-order valence-corrected chi connectivity index (χ1v) is 20.4. The molecule has 0 spiro atoms. The highest BCUT2D eigenvalue weighted by Crippen LogP contribution is 2.51. The highest BCUT2D eigenvalue weighted by Gasteiger charge is 2.35. The van der Waals surface area contributed by atoms with Gasteiger partial charge in [-0.2, -0.15) is 0 Å². The van der Waals surface area contributed by atoms with Gasteiger partial charge in [0.05, 0.1) is 0 Å². The number of hydrogen-bond acceptors (Lipinski definition) is 2. The molecule has 1 aliphatic carbocycles. The maximum absolute atomic E-state index is 6.12. The van der Waals surface area contributed by atoms with Gasteiger partial charge in [-0.3, -0.25) is 0 Å². The van der Waals surface area contributed by atoms with Gasteiger partial charge in [0.25, 0.3) is 0 Å². The summed E-state index contributed by atoms with van der Waals surface area (Å²) >= 11 is 0. The molecule has 59 heavy (non-hydrogen) atoms. The largest absolute Gasteiger partial charge is 0.456 e. The van der Waals surface area contributed by atoms with Gasteiger partial charge in [-0.15, -0.1) is 0 Å². The van der Waals surface area contributed by atoms with Crippen LogP contribution in [0.3, 0.4) is 0 Å². The van der Waals surface area contributed by atoms with E-state index in [4.69, 9.17) is 4.42 Å². The Labute approximate surface area is 345 Å². The van der Waals surface area contributed by atoms with Gasteiger partial charge < -0.3 is 9.32 Å². The second kappa shape index (κ2) is 13.9. The summed E-state index contributed by atoms with van der Waals surface area (Å²) in [4.78, 5) is 2.36. The van der Waals surface area contributed by atoms with E-state index in [-0.39, 0.29) is 5.41 Å². The molecule has 0 aliphatic heterocycles. The lowest BCUT2D eigenvalue weighted by molar-refractivity contribution is 0.660. The molecule has 0 atom stereocenters. The summed E-state index contributed by atoms with van der Waals surface area (Å²) in [5.41, 5.74) is 20.1. The molecule has 0 amide bonds. The first-order valence-electron chi connectivity index (χ1n) is 20.4. The third kappa shape index (κ3) is 6.04. The highest BCUT2D eigenvalue weighted by atomic mass is 16.3. The molecule has 0 bridgehead atoms. The van der Waals surface area contributed by atoms with Crippen LogP contribution < -0.4 is 4.90 Å².